The van der Waals surface area contributed by atoms with Crippen LogP contribution in [0.3, 0.4) is 0 Å². The van der Waals surface area contributed by atoms with Crippen LogP contribution in [0.2, 0.25) is 0 Å². The van der Waals surface area contributed by atoms with Crippen molar-refractivity contribution in [3.8, 4) is 0 Å². The maximum atomic E-state index is 10.9. The summed E-state index contributed by atoms with van der Waals surface area (Å²) in [6, 6.07) is 0. The molecular weight excluding hydrogens is 216 g/mol. The van der Waals surface area contributed by atoms with Crippen LogP contribution < -0.4 is 0 Å². The van der Waals surface area contributed by atoms with Gasteiger partial charge in [-0.1, -0.05) is 0 Å². The molecule has 0 saturated carbocycles. The largest absolute Gasteiger partial charge is 0.333 e. The van der Waals surface area contributed by atoms with Gasteiger partial charge in [0.1, 0.15) is 5.82 Å². The molecule has 90 valence electrons. The molecule has 2 heterocycles. The molecule has 5 nitrogen and oxygen atoms in total. The number of hydrogen-bond donors (Lipinski definition) is 0. The van der Waals surface area contributed by atoms with Crippen LogP contribution in [-0.4, -0.2) is 25.6 Å². The van der Waals surface area contributed by atoms with E-state index in [-0.39, 0.29) is 0 Å². The predicted molar refractivity (Wildman–Crippen MR) is 64.1 cm³/mol. The van der Waals surface area contributed by atoms with Crippen molar-refractivity contribution < 1.29 is 4.79 Å². The van der Waals surface area contributed by atoms with Gasteiger partial charge >= 0.3 is 0 Å². The maximum absolute atomic E-state index is 10.9. The normalized spacial score (nSPS) is 10.8. The van der Waals surface area contributed by atoms with Crippen LogP contribution in [0.4, 0.5) is 0 Å². The summed E-state index contributed by atoms with van der Waals surface area (Å²) in [4.78, 5) is 15.0. The minimum Gasteiger partial charge on any atom is -0.333 e. The summed E-state index contributed by atoms with van der Waals surface area (Å²) in [7, 11) is 0. The number of carbonyl (C=O) groups is 1. The number of hydrogen-bond acceptors (Lipinski definition) is 3. The van der Waals surface area contributed by atoms with Gasteiger partial charge in [-0.25, -0.2) is 4.98 Å². The smallest absolute Gasteiger partial charge is 0.153 e. The van der Waals surface area contributed by atoms with Gasteiger partial charge < -0.3 is 4.57 Å². The van der Waals surface area contributed by atoms with Gasteiger partial charge in [0.25, 0.3) is 0 Å². The van der Waals surface area contributed by atoms with Crippen LogP contribution in [-0.2, 0) is 13.1 Å². The molecule has 2 aromatic heterocycles. The molecule has 0 aliphatic heterocycles. The Morgan fingerprint density at radius 3 is 2.59 bits per heavy atom. The van der Waals surface area contributed by atoms with Gasteiger partial charge in [0, 0.05) is 24.6 Å². The second-order valence-corrected chi connectivity index (χ2v) is 4.09. The molecule has 0 bridgehead atoms. The lowest BCUT2D eigenvalue weighted by Crippen LogP contribution is -2.10. The third kappa shape index (κ3) is 2.13. The van der Waals surface area contributed by atoms with Crippen molar-refractivity contribution in [1.29, 1.82) is 0 Å². The lowest BCUT2D eigenvalue weighted by atomic mass is 10.2. The van der Waals surface area contributed by atoms with E-state index in [0.29, 0.717) is 5.56 Å². The van der Waals surface area contributed by atoms with E-state index < -0.39 is 0 Å². The van der Waals surface area contributed by atoms with Crippen molar-refractivity contribution in [2.75, 3.05) is 0 Å². The first-order valence-electron chi connectivity index (χ1n) is 5.60. The highest BCUT2D eigenvalue weighted by atomic mass is 16.1. The van der Waals surface area contributed by atoms with Crippen molar-refractivity contribution >= 4 is 6.29 Å². The van der Waals surface area contributed by atoms with Gasteiger partial charge in [0.2, 0.25) is 0 Å². The summed E-state index contributed by atoms with van der Waals surface area (Å²) in [5, 5.41) is 4.36. The van der Waals surface area contributed by atoms with Crippen molar-refractivity contribution in [1.82, 2.24) is 19.3 Å². The Kier molecular flexibility index (Phi) is 3.08. The zero-order valence-corrected chi connectivity index (χ0v) is 10.3. The Hall–Kier alpha value is -1.91. The van der Waals surface area contributed by atoms with Gasteiger partial charge in [-0.05, 0) is 20.8 Å². The van der Waals surface area contributed by atoms with Gasteiger partial charge in [-0.15, -0.1) is 0 Å². The molecule has 2 rings (SSSR count). The fourth-order valence-corrected chi connectivity index (χ4v) is 1.94. The number of aldehydes is 1. The number of rotatable bonds is 4. The summed E-state index contributed by atoms with van der Waals surface area (Å²) < 4.78 is 3.94. The van der Waals surface area contributed by atoms with Gasteiger partial charge in [-0.2, -0.15) is 5.10 Å². The first kappa shape index (κ1) is 11.6. The molecule has 5 heteroatoms. The minimum atomic E-state index is 0.701. The maximum Gasteiger partial charge on any atom is 0.153 e. The highest BCUT2D eigenvalue weighted by Gasteiger charge is 2.10. The fraction of sp³-hybridized carbons (Fsp3) is 0.417. The molecular formula is C12H16N4O. The van der Waals surface area contributed by atoms with Crippen molar-refractivity contribution in [3.05, 3.63) is 35.2 Å². The number of aromatic nitrogens is 4. The third-order valence-corrected chi connectivity index (χ3v) is 3.03. The van der Waals surface area contributed by atoms with E-state index in [4.69, 9.17) is 0 Å². The molecule has 0 aliphatic carbocycles. The van der Waals surface area contributed by atoms with Crippen molar-refractivity contribution in [3.63, 3.8) is 0 Å². The Balaban J connectivity index is 2.15. The Bertz CT molecular complexity index is 539. The van der Waals surface area contributed by atoms with Crippen LogP contribution in [0.5, 0.6) is 0 Å². The average Bonchev–Trinajstić information content (AvgIpc) is 2.81. The zero-order chi connectivity index (χ0) is 12.4. The first-order chi connectivity index (χ1) is 8.13. The molecule has 0 atom stereocenters. The highest BCUT2D eigenvalue weighted by Crippen LogP contribution is 2.10. The van der Waals surface area contributed by atoms with Gasteiger partial charge in [0.15, 0.2) is 6.29 Å². The van der Waals surface area contributed by atoms with Crippen molar-refractivity contribution in [2.45, 2.75) is 33.9 Å². The molecule has 0 spiro atoms. The van der Waals surface area contributed by atoms with E-state index in [1.807, 2.05) is 31.6 Å². The molecule has 0 amide bonds. The van der Waals surface area contributed by atoms with Crippen LogP contribution in [0, 0.1) is 20.8 Å². The third-order valence-electron chi connectivity index (χ3n) is 3.03. The summed E-state index contributed by atoms with van der Waals surface area (Å²) >= 11 is 0. The van der Waals surface area contributed by atoms with E-state index in [9.17, 15) is 4.79 Å². The van der Waals surface area contributed by atoms with Crippen LogP contribution in [0.15, 0.2) is 12.4 Å². The van der Waals surface area contributed by atoms with Crippen molar-refractivity contribution in [2.24, 2.45) is 0 Å². The second-order valence-electron chi connectivity index (χ2n) is 4.09. The van der Waals surface area contributed by atoms with Gasteiger partial charge in [0.05, 0.1) is 17.8 Å². The minimum absolute atomic E-state index is 0.701. The number of aryl methyl sites for hydroxylation is 4. The lowest BCUT2D eigenvalue weighted by molar-refractivity contribution is 0.112. The summed E-state index contributed by atoms with van der Waals surface area (Å²) in [6.45, 7) is 7.31. The van der Waals surface area contributed by atoms with E-state index in [1.165, 1.54) is 0 Å². The second kappa shape index (κ2) is 4.53. The fourth-order valence-electron chi connectivity index (χ4n) is 1.94. The van der Waals surface area contributed by atoms with E-state index >= 15 is 0 Å². The predicted octanol–water partition coefficient (Wildman–Crippen LogP) is 1.52. The first-order valence-corrected chi connectivity index (χ1v) is 5.60. The number of nitrogens with zero attached hydrogens (tertiary/aromatic N) is 4. The molecule has 0 N–H and O–H groups in total. The molecule has 0 aliphatic rings. The van der Waals surface area contributed by atoms with Crippen LogP contribution in [0.1, 0.15) is 27.6 Å². The Labute approximate surface area is 100 Å². The summed E-state index contributed by atoms with van der Waals surface area (Å²) in [5.41, 5.74) is 2.42. The molecule has 0 saturated heterocycles. The molecule has 0 unspecified atom stereocenters. The molecule has 0 fully saturated rings. The van der Waals surface area contributed by atoms with Gasteiger partial charge in [-0.3, -0.25) is 9.48 Å². The summed E-state index contributed by atoms with van der Waals surface area (Å²) in [6.07, 6.45) is 4.60. The average molecular weight is 232 g/mol. The standard InChI is InChI=1S/C12H16N4O/c1-9-12(8-17)10(2)16(14-9)7-6-15-5-4-13-11(15)3/h4-5,8H,6-7H2,1-3H3. The lowest BCUT2D eigenvalue weighted by Gasteiger charge is -2.07. The van der Waals surface area contributed by atoms with Crippen LogP contribution >= 0.6 is 0 Å². The quantitative estimate of drug-likeness (QED) is 0.751. The number of carbonyl (C=O) groups excluding carboxylic acids is 1. The zero-order valence-electron chi connectivity index (χ0n) is 10.3. The SMILES string of the molecule is Cc1nn(CCn2ccnc2C)c(C)c1C=O. The topological polar surface area (TPSA) is 52.7 Å². The molecule has 2 aromatic rings. The van der Waals surface area contributed by atoms with E-state index in [2.05, 4.69) is 14.6 Å². The molecule has 0 aromatic carbocycles. The van der Waals surface area contributed by atoms with Crippen LogP contribution in [0.25, 0.3) is 0 Å². The van der Waals surface area contributed by atoms with E-state index in [0.717, 1.165) is 36.6 Å². The Morgan fingerprint density at radius 2 is 2.06 bits per heavy atom. The highest BCUT2D eigenvalue weighted by molar-refractivity contribution is 5.77. The monoisotopic (exact) mass is 232 g/mol. The summed E-state index contributed by atoms with van der Waals surface area (Å²) in [5.74, 6) is 0.988. The number of imidazole rings is 1. The Morgan fingerprint density at radius 1 is 1.29 bits per heavy atom. The van der Waals surface area contributed by atoms with E-state index in [1.54, 1.807) is 6.20 Å². The molecule has 17 heavy (non-hydrogen) atoms. The molecule has 0 radical (unpaired) electrons.